The molecule has 2 saturated carbocycles. The van der Waals surface area contributed by atoms with Crippen LogP contribution in [0.25, 0.3) is 11.1 Å². The van der Waals surface area contributed by atoms with Crippen molar-refractivity contribution in [2.24, 2.45) is 34.5 Å². The van der Waals surface area contributed by atoms with Crippen LogP contribution in [0.3, 0.4) is 0 Å². The fourth-order valence-corrected chi connectivity index (χ4v) is 8.67. The Hall–Kier alpha value is -4.31. The average Bonchev–Trinajstić information content (AvgIpc) is 2.94. The van der Waals surface area contributed by atoms with Crippen molar-refractivity contribution in [3.05, 3.63) is 53.1 Å². The van der Waals surface area contributed by atoms with E-state index < -0.39 is 75.0 Å². The fraction of sp³-hybridized carbons (Fsp3) is 0.472. The lowest BCUT2D eigenvalue weighted by Crippen LogP contribution is -2.76. The second-order valence-electron chi connectivity index (χ2n) is 14.0. The van der Waals surface area contributed by atoms with Crippen molar-refractivity contribution in [3.8, 4) is 16.9 Å². The Labute approximate surface area is 266 Å². The smallest absolute Gasteiger partial charge is 0.303 e. The number of carbonyl (C=O) groups excluding carboxylic acids is 7. The Morgan fingerprint density at radius 1 is 0.957 bits per heavy atom. The van der Waals surface area contributed by atoms with E-state index in [1.807, 2.05) is 0 Å². The third kappa shape index (κ3) is 4.76. The van der Waals surface area contributed by atoms with Crippen molar-refractivity contribution in [2.75, 3.05) is 6.61 Å². The number of aromatic hydroxyl groups is 1. The Balaban J connectivity index is 1.59. The van der Waals surface area contributed by atoms with Crippen LogP contribution in [0, 0.1) is 34.5 Å². The van der Waals surface area contributed by atoms with E-state index >= 15 is 0 Å². The SMILES string of the molecule is CC(=O)OCC(=O)Cc1ccc(-c2ccc(O)c3c2C[C@]2(C)C[C@]4(C)C(C(C)C)C(=O)C(C(C)=O)C(=O)[C@]4(O)C(=O)C2C3=O)cc1. The first-order valence-corrected chi connectivity index (χ1v) is 15.4. The zero-order chi connectivity index (χ0) is 34.1. The zero-order valence-electron chi connectivity index (χ0n) is 26.8. The summed E-state index contributed by atoms with van der Waals surface area (Å²) in [5.41, 5.74) is -3.12. The van der Waals surface area contributed by atoms with Gasteiger partial charge in [-0.05, 0) is 59.4 Å². The molecule has 242 valence electrons. The number of phenols is 1. The highest BCUT2D eigenvalue weighted by Gasteiger charge is 2.76. The van der Waals surface area contributed by atoms with Gasteiger partial charge in [-0.25, -0.2) is 0 Å². The number of esters is 1. The van der Waals surface area contributed by atoms with Gasteiger partial charge < -0.3 is 14.9 Å². The van der Waals surface area contributed by atoms with Gasteiger partial charge in [0.2, 0.25) is 0 Å². The summed E-state index contributed by atoms with van der Waals surface area (Å²) < 4.78 is 4.77. The zero-order valence-corrected chi connectivity index (χ0v) is 26.8. The van der Waals surface area contributed by atoms with Crippen LogP contribution in [0.1, 0.15) is 69.4 Å². The van der Waals surface area contributed by atoms with E-state index in [1.54, 1.807) is 51.1 Å². The topological polar surface area (TPSA) is 169 Å². The lowest BCUT2D eigenvalue weighted by molar-refractivity contribution is -0.205. The molecule has 0 spiro atoms. The van der Waals surface area contributed by atoms with Crippen LogP contribution in [-0.4, -0.2) is 63.1 Å². The number of Topliss-reactive ketones (excluding diaryl/α,β-unsaturated/α-hetero) is 6. The first-order chi connectivity index (χ1) is 21.4. The number of ether oxygens (including phenoxy) is 1. The number of carbonyl (C=O) groups is 7. The number of phenolic OH excluding ortho intramolecular Hbond substituents is 1. The van der Waals surface area contributed by atoms with E-state index in [-0.39, 0.29) is 43.0 Å². The van der Waals surface area contributed by atoms with Crippen LogP contribution >= 0.6 is 0 Å². The highest BCUT2D eigenvalue weighted by atomic mass is 16.5. The number of aliphatic hydroxyl groups is 1. The number of hydrogen-bond acceptors (Lipinski definition) is 10. The molecule has 3 aliphatic carbocycles. The lowest BCUT2D eigenvalue weighted by atomic mass is 9.40. The average molecular weight is 631 g/mol. The second-order valence-corrected chi connectivity index (χ2v) is 14.0. The van der Waals surface area contributed by atoms with Gasteiger partial charge in [0, 0.05) is 24.7 Å². The molecule has 0 heterocycles. The van der Waals surface area contributed by atoms with Crippen molar-refractivity contribution in [2.45, 2.75) is 66.4 Å². The third-order valence-electron chi connectivity index (χ3n) is 10.4. The molecule has 2 N–H and O–H groups in total. The number of benzene rings is 2. The van der Waals surface area contributed by atoms with E-state index in [1.165, 1.54) is 19.9 Å². The standard InChI is InChI=1S/C36H38O10/c1-17(2)28-30(41)26(18(3)37)32(43)36(45)33(44)29-31(42)27-24(14-34(29,5)16-35(28,36)6)23(11-12-25(27)40)21-9-7-20(8-10-21)13-22(39)15-46-19(4)38/h7-12,17,26,28-29,40,45H,13-16H2,1-6H3/t26?,28?,29?,34-,35-,36+/m1/s1. The quantitative estimate of drug-likeness (QED) is 0.341. The van der Waals surface area contributed by atoms with Gasteiger partial charge in [-0.3, -0.25) is 33.6 Å². The van der Waals surface area contributed by atoms with Gasteiger partial charge in [0.15, 0.2) is 34.5 Å². The molecule has 0 amide bonds. The summed E-state index contributed by atoms with van der Waals surface area (Å²) in [5, 5.41) is 23.1. The molecular weight excluding hydrogens is 592 g/mol. The Morgan fingerprint density at radius 2 is 1.59 bits per heavy atom. The summed E-state index contributed by atoms with van der Waals surface area (Å²) in [4.78, 5) is 91.9. The van der Waals surface area contributed by atoms with Gasteiger partial charge >= 0.3 is 5.97 Å². The molecule has 46 heavy (non-hydrogen) atoms. The number of rotatable bonds is 7. The van der Waals surface area contributed by atoms with Gasteiger partial charge in [-0.2, -0.15) is 0 Å². The van der Waals surface area contributed by atoms with Crippen LogP contribution in [0.4, 0.5) is 0 Å². The molecule has 0 aromatic heterocycles. The maximum atomic E-state index is 14.4. The predicted octanol–water partition coefficient (Wildman–Crippen LogP) is 3.43. The van der Waals surface area contributed by atoms with Crippen LogP contribution in [0.5, 0.6) is 5.75 Å². The number of fused-ring (bicyclic) bond motifs is 3. The molecule has 0 radical (unpaired) electrons. The summed E-state index contributed by atoms with van der Waals surface area (Å²) in [6, 6.07) is 10.0. The first-order valence-electron chi connectivity index (χ1n) is 15.4. The molecule has 2 aromatic rings. The molecule has 0 saturated heterocycles. The van der Waals surface area contributed by atoms with Crippen molar-refractivity contribution in [3.63, 3.8) is 0 Å². The molecule has 6 atom stereocenters. The van der Waals surface area contributed by atoms with Crippen molar-refractivity contribution >= 4 is 40.7 Å². The van der Waals surface area contributed by atoms with Crippen LogP contribution in [0.15, 0.2) is 36.4 Å². The Bertz CT molecular complexity index is 1720. The number of ketones is 6. The van der Waals surface area contributed by atoms with E-state index in [4.69, 9.17) is 4.74 Å². The molecule has 10 heteroatoms. The molecule has 0 aliphatic heterocycles. The maximum absolute atomic E-state index is 14.4. The van der Waals surface area contributed by atoms with E-state index in [2.05, 4.69) is 0 Å². The summed E-state index contributed by atoms with van der Waals surface area (Å²) >= 11 is 0. The minimum atomic E-state index is -2.75. The molecule has 3 unspecified atom stereocenters. The summed E-state index contributed by atoms with van der Waals surface area (Å²) in [6.07, 6.45) is 0.120. The molecule has 3 aliphatic rings. The molecule has 5 rings (SSSR count). The first kappa shape index (κ1) is 33.1. The van der Waals surface area contributed by atoms with E-state index in [0.717, 1.165) is 6.92 Å². The predicted molar refractivity (Wildman–Crippen MR) is 164 cm³/mol. The van der Waals surface area contributed by atoms with Gasteiger partial charge in [-0.15, -0.1) is 0 Å². The minimum Gasteiger partial charge on any atom is -0.507 e. The fourth-order valence-electron chi connectivity index (χ4n) is 8.67. The molecule has 2 fully saturated rings. The van der Waals surface area contributed by atoms with Crippen LogP contribution < -0.4 is 0 Å². The van der Waals surface area contributed by atoms with Crippen molar-refractivity contribution < 1.29 is 48.5 Å². The molecule has 2 aromatic carbocycles. The molecule has 10 nitrogen and oxygen atoms in total. The Kier molecular flexibility index (Phi) is 8.04. The maximum Gasteiger partial charge on any atom is 0.303 e. The molecule has 0 bridgehead atoms. The van der Waals surface area contributed by atoms with Gasteiger partial charge in [-0.1, -0.05) is 58.0 Å². The van der Waals surface area contributed by atoms with Crippen LogP contribution in [-0.2, 0) is 46.3 Å². The van der Waals surface area contributed by atoms with Crippen LogP contribution in [0.2, 0.25) is 0 Å². The van der Waals surface area contributed by atoms with E-state index in [0.29, 0.717) is 22.3 Å². The summed E-state index contributed by atoms with van der Waals surface area (Å²) in [7, 11) is 0. The summed E-state index contributed by atoms with van der Waals surface area (Å²) in [5.74, 6) is -10.3. The highest BCUT2D eigenvalue weighted by molar-refractivity contribution is 6.32. The minimum absolute atomic E-state index is 0.0402. The lowest BCUT2D eigenvalue weighted by Gasteiger charge is -2.61. The summed E-state index contributed by atoms with van der Waals surface area (Å²) in [6.45, 7) is 8.72. The normalized spacial score (nSPS) is 30.4. The van der Waals surface area contributed by atoms with Gasteiger partial charge in [0.05, 0.1) is 11.5 Å². The highest BCUT2D eigenvalue weighted by Crippen LogP contribution is 2.64. The van der Waals surface area contributed by atoms with Gasteiger partial charge in [0.1, 0.15) is 24.1 Å². The van der Waals surface area contributed by atoms with Crippen molar-refractivity contribution in [1.82, 2.24) is 0 Å². The molecular formula is C36H38O10. The number of hydrogen-bond donors (Lipinski definition) is 2. The largest absolute Gasteiger partial charge is 0.507 e. The van der Waals surface area contributed by atoms with E-state index in [9.17, 15) is 43.8 Å². The Morgan fingerprint density at radius 3 is 2.15 bits per heavy atom. The van der Waals surface area contributed by atoms with Gasteiger partial charge in [0.25, 0.3) is 0 Å². The third-order valence-corrected chi connectivity index (χ3v) is 10.4. The monoisotopic (exact) mass is 630 g/mol. The second kappa shape index (κ2) is 11.2. The van der Waals surface area contributed by atoms with Crippen molar-refractivity contribution in [1.29, 1.82) is 0 Å².